The maximum absolute atomic E-state index is 10.9. The molecule has 0 aliphatic heterocycles. The SMILES string of the molecule is CC=C(C)C(=O)OCC(=O)OC. The molecule has 0 aromatic carbocycles. The summed E-state index contributed by atoms with van der Waals surface area (Å²) in [5.41, 5.74) is 0.471. The topological polar surface area (TPSA) is 52.6 Å². The number of hydrogen-bond acceptors (Lipinski definition) is 4. The molecule has 0 bridgehead atoms. The lowest BCUT2D eigenvalue weighted by atomic mass is 10.3. The first-order valence-electron chi connectivity index (χ1n) is 3.48. The highest BCUT2D eigenvalue weighted by atomic mass is 16.6. The molecule has 0 aliphatic rings. The van der Waals surface area contributed by atoms with E-state index in [4.69, 9.17) is 0 Å². The molecule has 0 aromatic heterocycles. The Kier molecular flexibility index (Phi) is 4.76. The first-order valence-corrected chi connectivity index (χ1v) is 3.48. The first kappa shape index (κ1) is 10.7. The summed E-state index contributed by atoms with van der Waals surface area (Å²) in [5, 5.41) is 0. The molecule has 0 spiro atoms. The second-order valence-corrected chi connectivity index (χ2v) is 2.12. The van der Waals surface area contributed by atoms with Crippen LogP contribution in [0.25, 0.3) is 0 Å². The van der Waals surface area contributed by atoms with E-state index in [0.717, 1.165) is 0 Å². The van der Waals surface area contributed by atoms with Crippen LogP contribution in [-0.4, -0.2) is 25.7 Å². The minimum absolute atomic E-state index is 0.333. The van der Waals surface area contributed by atoms with Crippen molar-refractivity contribution in [3.05, 3.63) is 11.6 Å². The van der Waals surface area contributed by atoms with Gasteiger partial charge in [0.25, 0.3) is 0 Å². The summed E-state index contributed by atoms with van der Waals surface area (Å²) in [6.07, 6.45) is 1.61. The van der Waals surface area contributed by atoms with E-state index in [1.54, 1.807) is 19.9 Å². The number of rotatable bonds is 3. The van der Waals surface area contributed by atoms with Gasteiger partial charge in [-0.25, -0.2) is 9.59 Å². The Labute approximate surface area is 71.2 Å². The summed E-state index contributed by atoms with van der Waals surface area (Å²) in [6, 6.07) is 0. The molecule has 0 atom stereocenters. The van der Waals surface area contributed by atoms with Gasteiger partial charge in [-0.15, -0.1) is 0 Å². The standard InChI is InChI=1S/C8H12O4/c1-4-6(2)8(10)12-5-7(9)11-3/h4H,5H2,1-3H3. The Morgan fingerprint density at radius 2 is 2.00 bits per heavy atom. The second kappa shape index (κ2) is 5.35. The van der Waals surface area contributed by atoms with Gasteiger partial charge in [0, 0.05) is 5.57 Å². The van der Waals surface area contributed by atoms with E-state index in [1.165, 1.54) is 7.11 Å². The third kappa shape index (κ3) is 3.75. The van der Waals surface area contributed by atoms with Gasteiger partial charge in [-0.2, -0.15) is 0 Å². The van der Waals surface area contributed by atoms with Crippen molar-refractivity contribution in [3.8, 4) is 0 Å². The van der Waals surface area contributed by atoms with Crippen molar-refractivity contribution >= 4 is 11.9 Å². The summed E-state index contributed by atoms with van der Waals surface area (Å²) in [6.45, 7) is 2.99. The molecule has 0 radical (unpaired) electrons. The van der Waals surface area contributed by atoms with Crippen LogP contribution in [0.15, 0.2) is 11.6 Å². The van der Waals surface area contributed by atoms with Crippen LogP contribution >= 0.6 is 0 Å². The maximum Gasteiger partial charge on any atom is 0.344 e. The predicted molar refractivity (Wildman–Crippen MR) is 42.4 cm³/mol. The minimum atomic E-state index is -0.563. The van der Waals surface area contributed by atoms with Crippen molar-refractivity contribution in [2.45, 2.75) is 13.8 Å². The number of hydrogen-bond donors (Lipinski definition) is 0. The molecule has 4 heteroatoms. The van der Waals surface area contributed by atoms with Gasteiger partial charge in [-0.3, -0.25) is 0 Å². The molecule has 0 unspecified atom stereocenters. The molecule has 0 rings (SSSR count). The lowest BCUT2D eigenvalue weighted by Gasteiger charge is -2.01. The fourth-order valence-corrected chi connectivity index (χ4v) is 0.415. The zero-order valence-corrected chi connectivity index (χ0v) is 7.42. The summed E-state index contributed by atoms with van der Waals surface area (Å²) < 4.78 is 8.84. The molecule has 0 fully saturated rings. The van der Waals surface area contributed by atoms with Crippen LogP contribution < -0.4 is 0 Å². The van der Waals surface area contributed by atoms with E-state index in [0.29, 0.717) is 5.57 Å². The highest BCUT2D eigenvalue weighted by Crippen LogP contribution is 1.95. The van der Waals surface area contributed by atoms with Gasteiger partial charge in [0.2, 0.25) is 0 Å². The maximum atomic E-state index is 10.9. The van der Waals surface area contributed by atoms with Crippen LogP contribution in [0.3, 0.4) is 0 Å². The molecule has 68 valence electrons. The molecule has 0 aliphatic carbocycles. The average Bonchev–Trinajstić information content (AvgIpc) is 2.11. The molecule has 0 aromatic rings. The highest BCUT2D eigenvalue weighted by Gasteiger charge is 2.07. The Hall–Kier alpha value is -1.32. The summed E-state index contributed by atoms with van der Waals surface area (Å²) >= 11 is 0. The zero-order chi connectivity index (χ0) is 9.56. The van der Waals surface area contributed by atoms with Crippen molar-refractivity contribution in [3.63, 3.8) is 0 Å². The molecule has 0 heterocycles. The fourth-order valence-electron chi connectivity index (χ4n) is 0.415. The lowest BCUT2D eigenvalue weighted by molar-refractivity contribution is -0.154. The van der Waals surface area contributed by atoms with E-state index in [1.807, 2.05) is 0 Å². The third-order valence-electron chi connectivity index (χ3n) is 1.30. The van der Waals surface area contributed by atoms with Gasteiger partial charge < -0.3 is 9.47 Å². The number of carbonyl (C=O) groups excluding carboxylic acids is 2. The van der Waals surface area contributed by atoms with Gasteiger partial charge in [-0.05, 0) is 13.8 Å². The molecule has 4 nitrogen and oxygen atoms in total. The molecule has 0 saturated carbocycles. The normalized spacial score (nSPS) is 10.8. The van der Waals surface area contributed by atoms with E-state index in [2.05, 4.69) is 9.47 Å². The van der Waals surface area contributed by atoms with Crippen molar-refractivity contribution in [1.29, 1.82) is 0 Å². The second-order valence-electron chi connectivity index (χ2n) is 2.12. The van der Waals surface area contributed by atoms with Crippen LogP contribution in [0.2, 0.25) is 0 Å². The monoisotopic (exact) mass is 172 g/mol. The number of allylic oxidation sites excluding steroid dienone is 1. The van der Waals surface area contributed by atoms with E-state index in [9.17, 15) is 9.59 Å². The smallest absolute Gasteiger partial charge is 0.344 e. The van der Waals surface area contributed by atoms with Crippen LogP contribution in [0, 0.1) is 0 Å². The van der Waals surface area contributed by atoms with E-state index < -0.39 is 11.9 Å². The predicted octanol–water partition coefficient (Wildman–Crippen LogP) is 0.669. The van der Waals surface area contributed by atoms with Crippen LogP contribution in [0.1, 0.15) is 13.8 Å². The molecular weight excluding hydrogens is 160 g/mol. The van der Waals surface area contributed by atoms with Crippen LogP contribution in [-0.2, 0) is 19.1 Å². The van der Waals surface area contributed by atoms with Crippen molar-refractivity contribution in [1.82, 2.24) is 0 Å². The van der Waals surface area contributed by atoms with E-state index >= 15 is 0 Å². The van der Waals surface area contributed by atoms with Gasteiger partial charge >= 0.3 is 11.9 Å². The minimum Gasteiger partial charge on any atom is -0.466 e. The number of methoxy groups -OCH3 is 1. The molecule has 0 saturated heterocycles. The first-order chi connectivity index (χ1) is 5.61. The Balaban J connectivity index is 3.80. The number of ether oxygens (including phenoxy) is 2. The zero-order valence-electron chi connectivity index (χ0n) is 7.42. The number of carbonyl (C=O) groups is 2. The van der Waals surface area contributed by atoms with Crippen LogP contribution in [0.4, 0.5) is 0 Å². The molecule has 12 heavy (non-hydrogen) atoms. The summed E-state index contributed by atoms with van der Waals surface area (Å²) in [7, 11) is 1.23. The highest BCUT2D eigenvalue weighted by molar-refractivity contribution is 5.89. The Morgan fingerprint density at radius 3 is 2.42 bits per heavy atom. The van der Waals surface area contributed by atoms with Crippen LogP contribution in [0.5, 0.6) is 0 Å². The molecular formula is C8H12O4. The van der Waals surface area contributed by atoms with E-state index in [-0.39, 0.29) is 6.61 Å². The third-order valence-corrected chi connectivity index (χ3v) is 1.30. The quantitative estimate of drug-likeness (QED) is 0.463. The van der Waals surface area contributed by atoms with Gasteiger partial charge in [-0.1, -0.05) is 6.08 Å². The largest absolute Gasteiger partial charge is 0.466 e. The van der Waals surface area contributed by atoms with Gasteiger partial charge in [0.1, 0.15) is 0 Å². The Bertz CT molecular complexity index is 205. The fraction of sp³-hybridized carbons (Fsp3) is 0.500. The van der Waals surface area contributed by atoms with Gasteiger partial charge in [0.15, 0.2) is 6.61 Å². The van der Waals surface area contributed by atoms with Crippen molar-refractivity contribution < 1.29 is 19.1 Å². The average molecular weight is 172 g/mol. The summed E-state index contributed by atoms with van der Waals surface area (Å²) in [5.74, 6) is -1.06. The van der Waals surface area contributed by atoms with Crippen molar-refractivity contribution in [2.24, 2.45) is 0 Å². The molecule has 0 N–H and O–H groups in total. The van der Waals surface area contributed by atoms with Crippen molar-refractivity contribution in [2.75, 3.05) is 13.7 Å². The summed E-state index contributed by atoms with van der Waals surface area (Å²) in [4.78, 5) is 21.4. The molecule has 0 amide bonds. The lowest BCUT2D eigenvalue weighted by Crippen LogP contribution is -2.15. The van der Waals surface area contributed by atoms with Gasteiger partial charge in [0.05, 0.1) is 7.11 Å². The Morgan fingerprint density at radius 1 is 1.42 bits per heavy atom. The number of esters is 2.